The van der Waals surface area contributed by atoms with E-state index in [2.05, 4.69) is 6.07 Å². The first kappa shape index (κ1) is 19.4. The van der Waals surface area contributed by atoms with E-state index in [0.29, 0.717) is 11.4 Å². The molecular formula is C24H25F2N3O. The molecule has 2 N–H and O–H groups in total. The van der Waals surface area contributed by atoms with Gasteiger partial charge in [0.2, 0.25) is 0 Å². The van der Waals surface area contributed by atoms with Gasteiger partial charge in [0.25, 0.3) is 0 Å². The van der Waals surface area contributed by atoms with Gasteiger partial charge in [-0.05, 0) is 80.0 Å². The highest BCUT2D eigenvalue weighted by Gasteiger charge is 2.60. The van der Waals surface area contributed by atoms with Crippen molar-refractivity contribution in [2.24, 2.45) is 21.1 Å². The smallest absolute Gasteiger partial charge is 0.184 e. The molecule has 6 heteroatoms. The number of rotatable bonds is 2. The molecule has 0 amide bonds. The third-order valence-electron chi connectivity index (χ3n) is 7.21. The summed E-state index contributed by atoms with van der Waals surface area (Å²) in [6.45, 7) is 1.94. The first-order valence-electron chi connectivity index (χ1n) is 10.4. The van der Waals surface area contributed by atoms with Gasteiger partial charge in [-0.2, -0.15) is 0 Å². The number of hydrogen-bond donors (Lipinski definition) is 1. The average Bonchev–Trinajstić information content (AvgIpc) is 3.23. The normalized spacial score (nSPS) is 29.6. The van der Waals surface area contributed by atoms with Gasteiger partial charge in [0.15, 0.2) is 5.66 Å². The highest BCUT2D eigenvalue weighted by atomic mass is 19.1. The SMILES string of the molecule is COC1CCC2(CC1)Cc1cc(C)c(-c3cc(F)ccc3F)cc1[C@@]21N=CC(N)=N1. The number of halogens is 2. The summed E-state index contributed by atoms with van der Waals surface area (Å²) >= 11 is 0. The maximum absolute atomic E-state index is 14.6. The van der Waals surface area contributed by atoms with E-state index in [1.165, 1.54) is 17.7 Å². The monoisotopic (exact) mass is 409 g/mol. The van der Waals surface area contributed by atoms with Crippen LogP contribution in [0.3, 0.4) is 0 Å². The summed E-state index contributed by atoms with van der Waals surface area (Å²) in [5, 5.41) is 0. The van der Waals surface area contributed by atoms with E-state index >= 15 is 0 Å². The van der Waals surface area contributed by atoms with Crippen LogP contribution in [0.15, 0.2) is 40.3 Å². The zero-order chi connectivity index (χ0) is 21.1. The van der Waals surface area contributed by atoms with Gasteiger partial charge in [-0.1, -0.05) is 6.07 Å². The lowest BCUT2D eigenvalue weighted by molar-refractivity contribution is -0.000297. The number of amidine groups is 1. The Morgan fingerprint density at radius 3 is 2.53 bits per heavy atom. The Labute approximate surface area is 174 Å². The topological polar surface area (TPSA) is 60.0 Å². The molecule has 3 aliphatic rings. The lowest BCUT2D eigenvalue weighted by atomic mass is 9.65. The lowest BCUT2D eigenvalue weighted by Crippen LogP contribution is -2.43. The quantitative estimate of drug-likeness (QED) is 0.784. The fourth-order valence-electron chi connectivity index (χ4n) is 5.70. The van der Waals surface area contributed by atoms with E-state index < -0.39 is 17.3 Å². The van der Waals surface area contributed by atoms with Gasteiger partial charge in [0.1, 0.15) is 17.5 Å². The van der Waals surface area contributed by atoms with Crippen LogP contribution in [0.5, 0.6) is 0 Å². The Morgan fingerprint density at radius 1 is 1.10 bits per heavy atom. The Balaban J connectivity index is 1.68. The van der Waals surface area contributed by atoms with Crippen molar-refractivity contribution in [3.63, 3.8) is 0 Å². The van der Waals surface area contributed by atoms with Crippen LogP contribution in [-0.4, -0.2) is 25.3 Å². The van der Waals surface area contributed by atoms with Crippen LogP contribution in [-0.2, 0) is 16.8 Å². The van der Waals surface area contributed by atoms with Crippen LogP contribution in [0.25, 0.3) is 11.1 Å². The van der Waals surface area contributed by atoms with E-state index in [1.807, 2.05) is 13.0 Å². The first-order valence-corrected chi connectivity index (χ1v) is 10.4. The maximum Gasteiger partial charge on any atom is 0.184 e. The van der Waals surface area contributed by atoms with E-state index in [9.17, 15) is 8.78 Å². The van der Waals surface area contributed by atoms with E-state index in [1.54, 1.807) is 13.3 Å². The van der Waals surface area contributed by atoms with Crippen LogP contribution in [0.1, 0.15) is 42.4 Å². The highest BCUT2D eigenvalue weighted by Crippen LogP contribution is 2.62. The minimum absolute atomic E-state index is 0.173. The highest BCUT2D eigenvalue weighted by molar-refractivity contribution is 6.30. The summed E-state index contributed by atoms with van der Waals surface area (Å²) < 4.78 is 34.1. The number of hydrogen-bond acceptors (Lipinski definition) is 4. The average molecular weight is 409 g/mol. The van der Waals surface area contributed by atoms with E-state index in [-0.39, 0.29) is 17.1 Å². The predicted molar refractivity (Wildman–Crippen MR) is 114 cm³/mol. The number of ether oxygens (including phenoxy) is 1. The molecule has 1 atom stereocenters. The Hall–Kier alpha value is -2.60. The molecule has 0 radical (unpaired) electrons. The second-order valence-electron chi connectivity index (χ2n) is 8.81. The maximum atomic E-state index is 14.6. The fourth-order valence-corrected chi connectivity index (χ4v) is 5.70. The number of nitrogens with two attached hydrogens (primary N) is 1. The molecule has 1 aliphatic heterocycles. The summed E-state index contributed by atoms with van der Waals surface area (Å²) in [5.41, 5.74) is 9.08. The molecule has 1 fully saturated rings. The van der Waals surface area contributed by atoms with Crippen molar-refractivity contribution < 1.29 is 13.5 Å². The molecule has 1 heterocycles. The molecule has 0 unspecified atom stereocenters. The number of aliphatic imine (C=N–C) groups is 2. The van der Waals surface area contributed by atoms with E-state index in [4.69, 9.17) is 20.5 Å². The zero-order valence-corrected chi connectivity index (χ0v) is 17.2. The second kappa shape index (κ2) is 6.71. The largest absolute Gasteiger partial charge is 0.383 e. The third kappa shape index (κ3) is 2.66. The summed E-state index contributed by atoms with van der Waals surface area (Å²) in [6.07, 6.45) is 6.49. The van der Waals surface area contributed by atoms with Crippen LogP contribution in [0.4, 0.5) is 8.78 Å². The minimum Gasteiger partial charge on any atom is -0.383 e. The van der Waals surface area contributed by atoms with Gasteiger partial charge in [-0.3, -0.25) is 4.99 Å². The van der Waals surface area contributed by atoms with Gasteiger partial charge < -0.3 is 10.5 Å². The van der Waals surface area contributed by atoms with Crippen molar-refractivity contribution in [1.29, 1.82) is 0 Å². The first-order chi connectivity index (χ1) is 14.4. The number of aryl methyl sites for hydroxylation is 1. The summed E-state index contributed by atoms with van der Waals surface area (Å²) in [7, 11) is 1.76. The second-order valence-corrected chi connectivity index (χ2v) is 8.81. The zero-order valence-electron chi connectivity index (χ0n) is 17.2. The molecule has 1 saturated carbocycles. The standard InChI is InChI=1S/C24H25F2N3O/c1-14-9-15-12-23(7-5-17(30-2)6-8-23)24(28-13-22(27)29-24)20(15)11-18(14)19-10-16(25)3-4-21(19)26/h3-4,9-11,13,17H,5-8,12H2,1-2H3,(H2,27,29)/t17?,23?,24-/m0/s1. The van der Waals surface area contributed by atoms with Crippen LogP contribution >= 0.6 is 0 Å². The molecule has 0 aromatic heterocycles. The van der Waals surface area contributed by atoms with Gasteiger partial charge in [0, 0.05) is 23.7 Å². The van der Waals surface area contributed by atoms with E-state index in [0.717, 1.165) is 49.3 Å². The fraction of sp³-hybridized carbons (Fsp3) is 0.417. The Kier molecular flexibility index (Phi) is 4.33. The molecule has 30 heavy (non-hydrogen) atoms. The van der Waals surface area contributed by atoms with Gasteiger partial charge >= 0.3 is 0 Å². The molecule has 156 valence electrons. The molecule has 2 aromatic carbocycles. The molecule has 2 spiro atoms. The Morgan fingerprint density at radius 2 is 1.87 bits per heavy atom. The van der Waals surface area contributed by atoms with Gasteiger partial charge in [-0.25, -0.2) is 13.8 Å². The molecule has 5 rings (SSSR count). The summed E-state index contributed by atoms with van der Waals surface area (Å²) in [5.74, 6) is -0.494. The molecule has 4 nitrogen and oxygen atoms in total. The van der Waals surface area contributed by atoms with Crippen molar-refractivity contribution >= 4 is 12.1 Å². The van der Waals surface area contributed by atoms with Crippen molar-refractivity contribution in [3.05, 3.63) is 58.7 Å². The van der Waals surface area contributed by atoms with Gasteiger partial charge in [0.05, 0.1) is 12.3 Å². The van der Waals surface area contributed by atoms with Crippen LogP contribution in [0, 0.1) is 24.0 Å². The molecule has 2 aromatic rings. The lowest BCUT2D eigenvalue weighted by Gasteiger charge is -2.44. The van der Waals surface area contributed by atoms with Crippen molar-refractivity contribution in [2.45, 2.75) is 50.8 Å². The number of methoxy groups -OCH3 is 1. The van der Waals surface area contributed by atoms with Gasteiger partial charge in [-0.15, -0.1) is 0 Å². The van der Waals surface area contributed by atoms with Crippen molar-refractivity contribution in [2.75, 3.05) is 7.11 Å². The number of nitrogens with zero attached hydrogens (tertiary/aromatic N) is 2. The Bertz CT molecular complexity index is 1090. The number of fused-ring (bicyclic) bond motifs is 3. The summed E-state index contributed by atoms with van der Waals surface area (Å²) in [6, 6.07) is 7.61. The molecule has 2 aliphatic carbocycles. The third-order valence-corrected chi connectivity index (χ3v) is 7.21. The number of benzene rings is 2. The van der Waals surface area contributed by atoms with Crippen molar-refractivity contribution in [3.8, 4) is 11.1 Å². The summed E-state index contributed by atoms with van der Waals surface area (Å²) in [4.78, 5) is 9.72. The van der Waals surface area contributed by atoms with Crippen LogP contribution < -0.4 is 5.73 Å². The molecule has 0 bridgehead atoms. The molecule has 0 saturated heterocycles. The van der Waals surface area contributed by atoms with Crippen LogP contribution in [0.2, 0.25) is 0 Å². The molecular weight excluding hydrogens is 384 g/mol. The minimum atomic E-state index is -0.794. The van der Waals surface area contributed by atoms with Crippen molar-refractivity contribution in [1.82, 2.24) is 0 Å². The predicted octanol–water partition coefficient (Wildman–Crippen LogP) is 4.67.